The lowest BCUT2D eigenvalue weighted by atomic mass is 9.99. The quantitative estimate of drug-likeness (QED) is 0.844. The summed E-state index contributed by atoms with van der Waals surface area (Å²) >= 11 is 1.38. The van der Waals surface area contributed by atoms with Crippen molar-refractivity contribution in [2.24, 2.45) is 13.0 Å². The summed E-state index contributed by atoms with van der Waals surface area (Å²) in [4.78, 5) is 14.5. The van der Waals surface area contributed by atoms with Gasteiger partial charge in [0.2, 0.25) is 5.91 Å². The molecule has 128 valence electrons. The highest BCUT2D eigenvalue weighted by Gasteiger charge is 2.16. The lowest BCUT2D eigenvalue weighted by molar-refractivity contribution is -0.113. The molecule has 2 aromatic rings. The number of amides is 1. The molecule has 3 rings (SSSR count). The lowest BCUT2D eigenvalue weighted by Gasteiger charge is -2.32. The van der Waals surface area contributed by atoms with Crippen LogP contribution in [0.4, 0.5) is 11.4 Å². The summed E-state index contributed by atoms with van der Waals surface area (Å²) in [5.74, 6) is 1.10. The van der Waals surface area contributed by atoms with Crippen LogP contribution in [-0.2, 0) is 11.8 Å². The molecule has 1 amide bonds. The van der Waals surface area contributed by atoms with Crippen LogP contribution in [0.2, 0.25) is 0 Å². The first-order valence-corrected chi connectivity index (χ1v) is 9.22. The van der Waals surface area contributed by atoms with Gasteiger partial charge < -0.3 is 14.8 Å². The molecule has 2 heterocycles. The Morgan fingerprint density at radius 3 is 2.62 bits per heavy atom. The number of benzene rings is 1. The van der Waals surface area contributed by atoms with E-state index in [2.05, 4.69) is 39.5 Å². The van der Waals surface area contributed by atoms with Gasteiger partial charge in [0.05, 0.1) is 5.75 Å². The van der Waals surface area contributed by atoms with Crippen molar-refractivity contribution in [3.05, 3.63) is 30.6 Å². The van der Waals surface area contributed by atoms with Crippen LogP contribution in [-0.4, -0.2) is 39.5 Å². The van der Waals surface area contributed by atoms with Gasteiger partial charge in [0.15, 0.2) is 5.16 Å². The normalized spacial score (nSPS) is 15.5. The fraction of sp³-hybridized carbons (Fsp3) is 0.471. The number of anilines is 2. The molecule has 24 heavy (non-hydrogen) atoms. The van der Waals surface area contributed by atoms with Crippen molar-refractivity contribution in [3.8, 4) is 0 Å². The number of carbonyl (C=O) groups is 1. The van der Waals surface area contributed by atoms with Gasteiger partial charge >= 0.3 is 0 Å². The van der Waals surface area contributed by atoms with E-state index in [1.165, 1.54) is 30.3 Å². The molecule has 1 aromatic carbocycles. The van der Waals surface area contributed by atoms with Gasteiger partial charge in [-0.25, -0.2) is 0 Å². The van der Waals surface area contributed by atoms with Crippen molar-refractivity contribution in [3.63, 3.8) is 0 Å². The van der Waals surface area contributed by atoms with Gasteiger partial charge in [-0.3, -0.25) is 4.79 Å². The van der Waals surface area contributed by atoms with Gasteiger partial charge in [-0.2, -0.15) is 0 Å². The second-order valence-corrected chi connectivity index (χ2v) is 7.22. The van der Waals surface area contributed by atoms with E-state index in [9.17, 15) is 4.79 Å². The molecular formula is C17H23N5OS. The minimum absolute atomic E-state index is 0.0393. The Kier molecular flexibility index (Phi) is 5.40. The topological polar surface area (TPSA) is 63.1 Å². The first kappa shape index (κ1) is 16.8. The molecule has 1 aliphatic rings. The van der Waals surface area contributed by atoms with Gasteiger partial charge in [-0.15, -0.1) is 10.2 Å². The Hall–Kier alpha value is -2.02. The third-order valence-electron chi connectivity index (χ3n) is 4.30. The van der Waals surface area contributed by atoms with Gasteiger partial charge in [-0.1, -0.05) is 18.7 Å². The van der Waals surface area contributed by atoms with Crippen LogP contribution in [0.15, 0.2) is 35.7 Å². The highest BCUT2D eigenvalue weighted by molar-refractivity contribution is 7.99. The number of hydrogen-bond acceptors (Lipinski definition) is 5. The molecule has 0 aliphatic carbocycles. The summed E-state index contributed by atoms with van der Waals surface area (Å²) in [6.07, 6.45) is 4.12. The SMILES string of the molecule is CC1CCN(c2ccc(NC(=O)CSc3nncn3C)cc2)CC1. The molecular weight excluding hydrogens is 322 g/mol. The van der Waals surface area contributed by atoms with Crippen LogP contribution < -0.4 is 10.2 Å². The van der Waals surface area contributed by atoms with E-state index >= 15 is 0 Å². The highest BCUT2D eigenvalue weighted by Crippen LogP contribution is 2.24. The summed E-state index contributed by atoms with van der Waals surface area (Å²) in [5.41, 5.74) is 2.06. The Morgan fingerprint density at radius 1 is 1.29 bits per heavy atom. The predicted molar refractivity (Wildman–Crippen MR) is 97.4 cm³/mol. The van der Waals surface area contributed by atoms with Crippen LogP contribution in [0.3, 0.4) is 0 Å². The maximum Gasteiger partial charge on any atom is 0.234 e. The number of nitrogens with zero attached hydrogens (tertiary/aromatic N) is 4. The van der Waals surface area contributed by atoms with Crippen molar-refractivity contribution in [1.82, 2.24) is 14.8 Å². The smallest absolute Gasteiger partial charge is 0.234 e. The number of rotatable bonds is 5. The summed E-state index contributed by atoms with van der Waals surface area (Å²) in [5, 5.41) is 11.4. The fourth-order valence-electron chi connectivity index (χ4n) is 2.75. The van der Waals surface area contributed by atoms with Crippen molar-refractivity contribution < 1.29 is 4.79 Å². The van der Waals surface area contributed by atoms with Crippen molar-refractivity contribution in [2.75, 3.05) is 29.1 Å². The first-order valence-electron chi connectivity index (χ1n) is 8.23. The highest BCUT2D eigenvalue weighted by atomic mass is 32.2. The Morgan fingerprint density at radius 2 is 2.00 bits per heavy atom. The zero-order valence-electron chi connectivity index (χ0n) is 14.1. The van der Waals surface area contributed by atoms with Crippen LogP contribution >= 0.6 is 11.8 Å². The summed E-state index contributed by atoms with van der Waals surface area (Å²) < 4.78 is 1.80. The van der Waals surface area contributed by atoms with E-state index in [1.54, 1.807) is 10.9 Å². The predicted octanol–water partition coefficient (Wildman–Crippen LogP) is 2.78. The average Bonchev–Trinajstić information content (AvgIpc) is 3.00. The number of nitrogens with one attached hydrogen (secondary N) is 1. The zero-order chi connectivity index (χ0) is 16.9. The molecule has 0 bridgehead atoms. The minimum Gasteiger partial charge on any atom is -0.372 e. The fourth-order valence-corrected chi connectivity index (χ4v) is 3.44. The molecule has 1 fully saturated rings. The Balaban J connectivity index is 1.50. The van der Waals surface area contributed by atoms with Crippen molar-refractivity contribution in [1.29, 1.82) is 0 Å². The number of aryl methyl sites for hydroxylation is 1. The molecule has 7 heteroatoms. The third kappa shape index (κ3) is 4.29. The monoisotopic (exact) mass is 345 g/mol. The average molecular weight is 345 g/mol. The molecule has 0 spiro atoms. The molecule has 0 atom stereocenters. The van der Waals surface area contributed by atoms with Gasteiger partial charge in [0, 0.05) is 31.5 Å². The first-order chi connectivity index (χ1) is 11.6. The second kappa shape index (κ2) is 7.70. The number of hydrogen-bond donors (Lipinski definition) is 1. The maximum absolute atomic E-state index is 12.0. The molecule has 0 radical (unpaired) electrons. The summed E-state index contributed by atoms with van der Waals surface area (Å²) in [6, 6.07) is 8.11. The van der Waals surface area contributed by atoms with Crippen LogP contribution in [0.25, 0.3) is 0 Å². The number of piperidine rings is 1. The standard InChI is InChI=1S/C17H23N5OS/c1-13-7-9-22(10-8-13)15-5-3-14(4-6-15)19-16(23)11-24-17-20-18-12-21(17)2/h3-6,12-13H,7-11H2,1-2H3,(H,19,23). The summed E-state index contributed by atoms with van der Waals surface area (Å²) in [6.45, 7) is 4.54. The Labute approximate surface area is 146 Å². The molecule has 1 aliphatic heterocycles. The van der Waals surface area contributed by atoms with Crippen LogP contribution in [0, 0.1) is 5.92 Å². The van der Waals surface area contributed by atoms with Gasteiger partial charge in [0.25, 0.3) is 0 Å². The van der Waals surface area contributed by atoms with Crippen molar-refractivity contribution >= 4 is 29.0 Å². The van der Waals surface area contributed by atoms with E-state index < -0.39 is 0 Å². The van der Waals surface area contributed by atoms with Gasteiger partial charge in [0.1, 0.15) is 6.33 Å². The van der Waals surface area contributed by atoms with Crippen LogP contribution in [0.1, 0.15) is 19.8 Å². The van der Waals surface area contributed by atoms with E-state index in [-0.39, 0.29) is 5.91 Å². The number of thioether (sulfide) groups is 1. The Bertz CT molecular complexity index is 677. The maximum atomic E-state index is 12.0. The lowest BCUT2D eigenvalue weighted by Crippen LogP contribution is -2.32. The van der Waals surface area contributed by atoms with E-state index in [0.717, 1.165) is 29.9 Å². The molecule has 1 aromatic heterocycles. The second-order valence-electron chi connectivity index (χ2n) is 6.28. The summed E-state index contributed by atoms with van der Waals surface area (Å²) in [7, 11) is 1.86. The molecule has 1 saturated heterocycles. The van der Waals surface area contributed by atoms with Crippen molar-refractivity contribution in [2.45, 2.75) is 24.9 Å². The van der Waals surface area contributed by atoms with Crippen LogP contribution in [0.5, 0.6) is 0 Å². The minimum atomic E-state index is -0.0393. The van der Waals surface area contributed by atoms with E-state index in [1.807, 2.05) is 19.2 Å². The van der Waals surface area contributed by atoms with E-state index in [4.69, 9.17) is 0 Å². The molecule has 6 nitrogen and oxygen atoms in total. The number of carbonyl (C=O) groups excluding carboxylic acids is 1. The molecule has 0 saturated carbocycles. The van der Waals surface area contributed by atoms with Gasteiger partial charge in [-0.05, 0) is 43.0 Å². The number of aromatic nitrogens is 3. The third-order valence-corrected chi connectivity index (χ3v) is 5.34. The molecule has 0 unspecified atom stereocenters. The largest absolute Gasteiger partial charge is 0.372 e. The van der Waals surface area contributed by atoms with E-state index in [0.29, 0.717) is 5.75 Å². The molecule has 1 N–H and O–H groups in total. The zero-order valence-corrected chi connectivity index (χ0v) is 14.9.